The van der Waals surface area contributed by atoms with Crippen molar-refractivity contribution >= 4 is 17.4 Å². The van der Waals surface area contributed by atoms with Crippen LogP contribution < -0.4 is 18.9 Å². The fourth-order valence-electron chi connectivity index (χ4n) is 4.19. The van der Waals surface area contributed by atoms with E-state index in [0.717, 1.165) is 6.42 Å². The molecule has 1 N–H and O–H groups in total. The Hall–Kier alpha value is -3.72. The van der Waals surface area contributed by atoms with Crippen molar-refractivity contribution in [2.45, 2.75) is 39.3 Å². The van der Waals surface area contributed by atoms with Gasteiger partial charge < -0.3 is 33.7 Å². The van der Waals surface area contributed by atoms with Crippen LogP contribution in [0.2, 0.25) is 0 Å². The molecule has 1 heterocycles. The Morgan fingerprint density at radius 1 is 0.973 bits per heavy atom. The number of carbonyl (C=O) groups excluding carboxylic acids is 2. The van der Waals surface area contributed by atoms with Crippen LogP contribution >= 0.6 is 0 Å². The maximum Gasteiger partial charge on any atom is 0.295 e. The number of likely N-dealkylation sites (tertiary alicyclic amines) is 1. The van der Waals surface area contributed by atoms with Crippen LogP contribution in [0, 0.1) is 0 Å². The SMILES string of the molecule is CCCOc1ccc(/C(O)=C2\C(=O)C(=O)N(CCOC(C)C)C2c2cc(OC)c(OC)c(OC)c2)cc1. The first-order valence-electron chi connectivity index (χ1n) is 12.2. The molecule has 2 aromatic rings. The lowest BCUT2D eigenvalue weighted by Gasteiger charge is -2.26. The van der Waals surface area contributed by atoms with E-state index in [1.54, 1.807) is 36.4 Å². The number of hydrogen-bond acceptors (Lipinski definition) is 8. The van der Waals surface area contributed by atoms with E-state index in [1.165, 1.54) is 26.2 Å². The molecule has 1 unspecified atom stereocenters. The Bertz CT molecular complexity index is 1110. The maximum atomic E-state index is 13.3. The summed E-state index contributed by atoms with van der Waals surface area (Å²) in [5.41, 5.74) is 0.867. The molecule has 3 rings (SSSR count). The molecule has 0 aliphatic carbocycles. The quantitative estimate of drug-likeness (QED) is 0.254. The molecule has 1 saturated heterocycles. The summed E-state index contributed by atoms with van der Waals surface area (Å²) in [6.45, 7) is 6.71. The van der Waals surface area contributed by atoms with Crippen LogP contribution in [-0.4, -0.2) is 68.9 Å². The van der Waals surface area contributed by atoms with E-state index in [9.17, 15) is 14.7 Å². The topological polar surface area (TPSA) is 104 Å². The van der Waals surface area contributed by atoms with Crippen LogP contribution in [0.15, 0.2) is 42.0 Å². The van der Waals surface area contributed by atoms with Crippen molar-refractivity contribution in [3.05, 3.63) is 53.1 Å². The number of Topliss-reactive ketones (excluding diaryl/α,β-unsaturated/α-hetero) is 1. The minimum atomic E-state index is -0.902. The highest BCUT2D eigenvalue weighted by Crippen LogP contribution is 2.45. The van der Waals surface area contributed by atoms with E-state index < -0.39 is 17.7 Å². The van der Waals surface area contributed by atoms with E-state index >= 15 is 0 Å². The first-order chi connectivity index (χ1) is 17.8. The lowest BCUT2D eigenvalue weighted by molar-refractivity contribution is -0.140. The molecule has 0 aromatic heterocycles. The Labute approximate surface area is 217 Å². The smallest absolute Gasteiger partial charge is 0.295 e. The van der Waals surface area contributed by atoms with Gasteiger partial charge in [-0.3, -0.25) is 9.59 Å². The summed E-state index contributed by atoms with van der Waals surface area (Å²) >= 11 is 0. The van der Waals surface area contributed by atoms with E-state index in [4.69, 9.17) is 23.7 Å². The number of benzene rings is 2. The Morgan fingerprint density at radius 3 is 2.11 bits per heavy atom. The first-order valence-corrected chi connectivity index (χ1v) is 12.2. The van der Waals surface area contributed by atoms with E-state index in [2.05, 4.69) is 0 Å². The number of methoxy groups -OCH3 is 3. The summed E-state index contributed by atoms with van der Waals surface area (Å²) in [4.78, 5) is 27.9. The summed E-state index contributed by atoms with van der Waals surface area (Å²) in [6.07, 6.45) is 0.811. The van der Waals surface area contributed by atoms with Gasteiger partial charge in [0.25, 0.3) is 11.7 Å². The van der Waals surface area contributed by atoms with Gasteiger partial charge in [0.15, 0.2) is 11.5 Å². The van der Waals surface area contributed by atoms with Crippen molar-refractivity contribution in [2.75, 3.05) is 41.1 Å². The predicted molar refractivity (Wildman–Crippen MR) is 138 cm³/mol. The average molecular weight is 514 g/mol. The van der Waals surface area contributed by atoms with E-state index in [-0.39, 0.29) is 30.6 Å². The Kier molecular flexibility index (Phi) is 9.41. The third kappa shape index (κ3) is 5.99. The van der Waals surface area contributed by atoms with E-state index in [0.29, 0.717) is 40.7 Å². The molecule has 1 fully saturated rings. The first kappa shape index (κ1) is 27.9. The van der Waals surface area contributed by atoms with Gasteiger partial charge in [0, 0.05) is 12.1 Å². The molecule has 0 saturated carbocycles. The number of aliphatic hydroxyl groups is 1. The zero-order valence-electron chi connectivity index (χ0n) is 22.2. The van der Waals surface area contributed by atoms with Crippen molar-refractivity contribution in [1.29, 1.82) is 0 Å². The van der Waals surface area contributed by atoms with Gasteiger partial charge in [-0.15, -0.1) is 0 Å². The van der Waals surface area contributed by atoms with E-state index in [1.807, 2.05) is 20.8 Å². The predicted octanol–water partition coefficient (Wildman–Crippen LogP) is 4.35. The third-order valence-corrected chi connectivity index (χ3v) is 5.93. The highest BCUT2D eigenvalue weighted by atomic mass is 16.5. The van der Waals surface area contributed by atoms with Gasteiger partial charge in [-0.1, -0.05) is 6.92 Å². The van der Waals surface area contributed by atoms with Crippen molar-refractivity contribution < 1.29 is 38.4 Å². The molecular formula is C28H35NO8. The second-order valence-corrected chi connectivity index (χ2v) is 8.74. The van der Waals surface area contributed by atoms with Crippen molar-refractivity contribution in [3.8, 4) is 23.0 Å². The summed E-state index contributed by atoms with van der Waals surface area (Å²) in [5, 5.41) is 11.3. The fraction of sp³-hybridized carbons (Fsp3) is 0.429. The van der Waals surface area contributed by atoms with Crippen LogP contribution in [0.25, 0.3) is 5.76 Å². The molecule has 200 valence electrons. The Balaban J connectivity index is 2.15. The molecule has 1 atom stereocenters. The van der Waals surface area contributed by atoms with Gasteiger partial charge in [-0.25, -0.2) is 0 Å². The third-order valence-electron chi connectivity index (χ3n) is 5.93. The normalized spacial score (nSPS) is 16.8. The standard InChI is InChI=1S/C28H35NO8/c1-7-13-37-20-10-8-18(9-11-20)25(30)23-24(29(28(32)26(23)31)12-14-36-17(2)3)19-15-21(33-4)27(35-6)22(16-19)34-5/h8-11,15-17,24,30H,7,12-14H2,1-6H3/b25-23+. The summed E-state index contributed by atoms with van der Waals surface area (Å²) in [5.74, 6) is -0.0620. The monoisotopic (exact) mass is 513 g/mol. The van der Waals surface area contributed by atoms with Gasteiger partial charge in [-0.2, -0.15) is 0 Å². The zero-order chi connectivity index (χ0) is 27.1. The summed E-state index contributed by atoms with van der Waals surface area (Å²) < 4.78 is 27.7. The lowest BCUT2D eigenvalue weighted by Crippen LogP contribution is -2.33. The van der Waals surface area contributed by atoms with Crippen LogP contribution in [0.1, 0.15) is 44.4 Å². The molecule has 0 bridgehead atoms. The molecule has 0 radical (unpaired) electrons. The molecule has 1 aliphatic heterocycles. The number of rotatable bonds is 12. The van der Waals surface area contributed by atoms with Gasteiger partial charge in [0.05, 0.1) is 52.3 Å². The second-order valence-electron chi connectivity index (χ2n) is 8.74. The molecule has 37 heavy (non-hydrogen) atoms. The number of carbonyl (C=O) groups is 2. The highest BCUT2D eigenvalue weighted by Gasteiger charge is 2.46. The zero-order valence-corrected chi connectivity index (χ0v) is 22.2. The number of aliphatic hydroxyl groups excluding tert-OH is 1. The van der Waals surface area contributed by atoms with Crippen molar-refractivity contribution in [3.63, 3.8) is 0 Å². The molecule has 1 amide bonds. The number of hydrogen-bond donors (Lipinski definition) is 1. The number of nitrogens with zero attached hydrogens (tertiary/aromatic N) is 1. The average Bonchev–Trinajstić information content (AvgIpc) is 3.15. The lowest BCUT2D eigenvalue weighted by atomic mass is 9.94. The minimum Gasteiger partial charge on any atom is -0.507 e. The maximum absolute atomic E-state index is 13.3. The molecule has 0 spiro atoms. The molecule has 9 nitrogen and oxygen atoms in total. The van der Waals surface area contributed by atoms with Gasteiger partial charge >= 0.3 is 0 Å². The molecule has 2 aromatic carbocycles. The van der Waals surface area contributed by atoms with Crippen molar-refractivity contribution in [2.24, 2.45) is 0 Å². The Morgan fingerprint density at radius 2 is 1.59 bits per heavy atom. The highest BCUT2D eigenvalue weighted by molar-refractivity contribution is 6.46. The molecular weight excluding hydrogens is 478 g/mol. The second kappa shape index (κ2) is 12.5. The minimum absolute atomic E-state index is 0.0361. The van der Waals surface area contributed by atoms with Gasteiger partial charge in [-0.05, 0) is 62.2 Å². The largest absolute Gasteiger partial charge is 0.507 e. The molecule has 1 aliphatic rings. The van der Waals surface area contributed by atoms with Gasteiger partial charge in [0.2, 0.25) is 5.75 Å². The number of ketones is 1. The number of ether oxygens (including phenoxy) is 5. The van der Waals surface area contributed by atoms with Gasteiger partial charge in [0.1, 0.15) is 11.5 Å². The van der Waals surface area contributed by atoms with Crippen LogP contribution in [0.5, 0.6) is 23.0 Å². The number of amides is 1. The molecule has 9 heteroatoms. The van der Waals surface area contributed by atoms with Crippen LogP contribution in [0.3, 0.4) is 0 Å². The fourth-order valence-corrected chi connectivity index (χ4v) is 4.19. The van der Waals surface area contributed by atoms with Crippen LogP contribution in [-0.2, 0) is 14.3 Å². The summed E-state index contributed by atoms with van der Waals surface area (Å²) in [7, 11) is 4.45. The van der Waals surface area contributed by atoms with Crippen molar-refractivity contribution in [1.82, 2.24) is 4.90 Å². The van der Waals surface area contributed by atoms with Crippen LogP contribution in [0.4, 0.5) is 0 Å². The summed E-state index contributed by atoms with van der Waals surface area (Å²) in [6, 6.07) is 9.17.